The first-order chi connectivity index (χ1) is 9.69. The molecule has 1 aliphatic carbocycles. The minimum atomic E-state index is 0.109. The SMILES string of the molecule is CCC(C)n1ccc(CNCC2(CO)CCCCC2)n1. The number of nitrogens with one attached hydrogen (secondary N) is 1. The van der Waals surface area contributed by atoms with Gasteiger partial charge in [-0.05, 0) is 32.3 Å². The molecule has 0 saturated heterocycles. The Morgan fingerprint density at radius 2 is 2.15 bits per heavy atom. The largest absolute Gasteiger partial charge is 0.396 e. The minimum Gasteiger partial charge on any atom is -0.396 e. The van der Waals surface area contributed by atoms with Gasteiger partial charge in [0.05, 0.1) is 5.69 Å². The van der Waals surface area contributed by atoms with Gasteiger partial charge in [-0.2, -0.15) is 5.10 Å². The Kier molecular flexibility index (Phi) is 5.61. The van der Waals surface area contributed by atoms with Crippen molar-refractivity contribution < 1.29 is 5.11 Å². The molecule has 0 amide bonds. The first-order valence-electron chi connectivity index (χ1n) is 8.05. The third kappa shape index (κ3) is 3.83. The second-order valence-electron chi connectivity index (χ2n) is 6.37. The predicted molar refractivity (Wildman–Crippen MR) is 81.5 cm³/mol. The molecule has 1 unspecified atom stereocenters. The maximum absolute atomic E-state index is 9.69. The smallest absolute Gasteiger partial charge is 0.0762 e. The second-order valence-corrected chi connectivity index (χ2v) is 6.37. The summed E-state index contributed by atoms with van der Waals surface area (Å²) < 4.78 is 2.04. The van der Waals surface area contributed by atoms with Gasteiger partial charge in [-0.15, -0.1) is 0 Å². The molecule has 0 radical (unpaired) electrons. The van der Waals surface area contributed by atoms with Crippen LogP contribution in [0.4, 0.5) is 0 Å². The number of hydrogen-bond donors (Lipinski definition) is 2. The molecule has 0 aliphatic heterocycles. The summed E-state index contributed by atoms with van der Waals surface area (Å²) >= 11 is 0. The lowest BCUT2D eigenvalue weighted by molar-refractivity contribution is 0.0809. The maximum atomic E-state index is 9.69. The number of rotatable bonds is 7. The molecule has 2 rings (SSSR count). The van der Waals surface area contributed by atoms with E-state index in [-0.39, 0.29) is 5.41 Å². The van der Waals surface area contributed by atoms with Crippen LogP contribution in [0, 0.1) is 5.41 Å². The lowest BCUT2D eigenvalue weighted by Gasteiger charge is -2.35. The molecule has 20 heavy (non-hydrogen) atoms. The highest BCUT2D eigenvalue weighted by Gasteiger charge is 2.30. The highest BCUT2D eigenvalue weighted by atomic mass is 16.3. The predicted octanol–water partition coefficient (Wildman–Crippen LogP) is 2.89. The van der Waals surface area contributed by atoms with Gasteiger partial charge in [-0.25, -0.2) is 0 Å². The molecule has 0 spiro atoms. The van der Waals surface area contributed by atoms with Gasteiger partial charge < -0.3 is 10.4 Å². The Bertz CT molecular complexity index is 396. The quantitative estimate of drug-likeness (QED) is 0.807. The molecule has 1 heterocycles. The second kappa shape index (κ2) is 7.23. The van der Waals surface area contributed by atoms with Crippen LogP contribution < -0.4 is 5.32 Å². The molecule has 4 heteroatoms. The molecule has 0 aromatic carbocycles. The highest BCUT2D eigenvalue weighted by Crippen LogP contribution is 2.35. The van der Waals surface area contributed by atoms with Crippen molar-refractivity contribution in [1.82, 2.24) is 15.1 Å². The van der Waals surface area contributed by atoms with Gasteiger partial charge in [0, 0.05) is 37.4 Å². The van der Waals surface area contributed by atoms with Gasteiger partial charge in [0.25, 0.3) is 0 Å². The molecule has 114 valence electrons. The summed E-state index contributed by atoms with van der Waals surface area (Å²) in [4.78, 5) is 0. The van der Waals surface area contributed by atoms with Crippen molar-refractivity contribution in [2.45, 2.75) is 65.0 Å². The molecule has 1 aliphatic rings. The molecule has 4 nitrogen and oxygen atoms in total. The third-order valence-electron chi connectivity index (χ3n) is 4.76. The zero-order valence-corrected chi connectivity index (χ0v) is 12.9. The van der Waals surface area contributed by atoms with Crippen molar-refractivity contribution in [2.24, 2.45) is 5.41 Å². The summed E-state index contributed by atoms with van der Waals surface area (Å²) in [6, 6.07) is 2.55. The van der Waals surface area contributed by atoms with Gasteiger partial charge in [-0.3, -0.25) is 4.68 Å². The van der Waals surface area contributed by atoms with Crippen LogP contribution >= 0.6 is 0 Å². The summed E-state index contributed by atoms with van der Waals surface area (Å²) in [5.41, 5.74) is 1.20. The normalized spacial score (nSPS) is 19.9. The molecule has 2 N–H and O–H groups in total. The summed E-state index contributed by atoms with van der Waals surface area (Å²) in [5.74, 6) is 0. The van der Waals surface area contributed by atoms with E-state index in [2.05, 4.69) is 36.5 Å². The van der Waals surface area contributed by atoms with Crippen molar-refractivity contribution in [2.75, 3.05) is 13.2 Å². The van der Waals surface area contributed by atoms with Gasteiger partial charge in [0.15, 0.2) is 0 Å². The lowest BCUT2D eigenvalue weighted by atomic mass is 9.74. The Morgan fingerprint density at radius 1 is 1.40 bits per heavy atom. The Hall–Kier alpha value is -0.870. The lowest BCUT2D eigenvalue weighted by Crippen LogP contribution is -2.38. The van der Waals surface area contributed by atoms with Gasteiger partial charge in [0.2, 0.25) is 0 Å². The van der Waals surface area contributed by atoms with E-state index in [1.165, 1.54) is 19.3 Å². The fourth-order valence-electron chi connectivity index (χ4n) is 3.05. The van der Waals surface area contributed by atoms with E-state index in [1.807, 2.05) is 4.68 Å². The van der Waals surface area contributed by atoms with Crippen LogP contribution in [0.1, 0.15) is 64.1 Å². The number of aromatic nitrogens is 2. The summed E-state index contributed by atoms with van der Waals surface area (Å²) in [7, 11) is 0. The molecule has 1 saturated carbocycles. The fraction of sp³-hybridized carbons (Fsp3) is 0.812. The topological polar surface area (TPSA) is 50.1 Å². The van der Waals surface area contributed by atoms with Gasteiger partial charge in [0.1, 0.15) is 0 Å². The van der Waals surface area contributed by atoms with Gasteiger partial charge >= 0.3 is 0 Å². The zero-order chi connectivity index (χ0) is 14.4. The van der Waals surface area contributed by atoms with Crippen LogP contribution in [0.2, 0.25) is 0 Å². The van der Waals surface area contributed by atoms with Crippen molar-refractivity contribution in [3.8, 4) is 0 Å². The third-order valence-corrected chi connectivity index (χ3v) is 4.76. The molecule has 0 bridgehead atoms. The van der Waals surface area contributed by atoms with Crippen LogP contribution in [0.3, 0.4) is 0 Å². The highest BCUT2D eigenvalue weighted by molar-refractivity contribution is 4.99. The zero-order valence-electron chi connectivity index (χ0n) is 12.9. The number of hydrogen-bond acceptors (Lipinski definition) is 3. The molecule has 1 atom stereocenters. The van der Waals surface area contributed by atoms with Crippen LogP contribution in [0.25, 0.3) is 0 Å². The Labute approximate surface area is 122 Å². The molecular formula is C16H29N3O. The first-order valence-corrected chi connectivity index (χ1v) is 8.05. The standard InChI is InChI=1S/C16H29N3O/c1-3-14(2)19-10-7-15(18-19)11-17-12-16(13-20)8-5-4-6-9-16/h7,10,14,17,20H,3-6,8-9,11-13H2,1-2H3. The maximum Gasteiger partial charge on any atom is 0.0762 e. The molecule has 1 fully saturated rings. The molecular weight excluding hydrogens is 250 g/mol. The van der Waals surface area contributed by atoms with E-state index >= 15 is 0 Å². The molecule has 1 aromatic heterocycles. The van der Waals surface area contributed by atoms with Crippen molar-refractivity contribution in [1.29, 1.82) is 0 Å². The van der Waals surface area contributed by atoms with Crippen molar-refractivity contribution in [3.63, 3.8) is 0 Å². The Balaban J connectivity index is 1.81. The van der Waals surface area contributed by atoms with Crippen molar-refractivity contribution in [3.05, 3.63) is 18.0 Å². The summed E-state index contributed by atoms with van der Waals surface area (Å²) in [6.07, 6.45) is 9.29. The summed E-state index contributed by atoms with van der Waals surface area (Å²) in [5, 5.41) is 17.8. The van der Waals surface area contributed by atoms with E-state index in [0.717, 1.165) is 38.0 Å². The monoisotopic (exact) mass is 279 g/mol. The van der Waals surface area contributed by atoms with E-state index in [1.54, 1.807) is 0 Å². The average Bonchev–Trinajstić information content (AvgIpc) is 2.96. The number of nitrogens with zero attached hydrogens (tertiary/aromatic N) is 2. The van der Waals surface area contributed by atoms with E-state index in [9.17, 15) is 5.11 Å². The van der Waals surface area contributed by atoms with E-state index in [0.29, 0.717) is 12.6 Å². The van der Waals surface area contributed by atoms with E-state index < -0.39 is 0 Å². The van der Waals surface area contributed by atoms with Gasteiger partial charge in [-0.1, -0.05) is 26.2 Å². The van der Waals surface area contributed by atoms with Crippen LogP contribution in [-0.2, 0) is 6.54 Å². The molecule has 1 aromatic rings. The summed E-state index contributed by atoms with van der Waals surface area (Å²) in [6.45, 7) is 6.37. The van der Waals surface area contributed by atoms with Crippen molar-refractivity contribution >= 4 is 0 Å². The van der Waals surface area contributed by atoms with Crippen LogP contribution in [0.5, 0.6) is 0 Å². The van der Waals surface area contributed by atoms with E-state index in [4.69, 9.17) is 0 Å². The number of aliphatic hydroxyl groups excluding tert-OH is 1. The Morgan fingerprint density at radius 3 is 2.80 bits per heavy atom. The average molecular weight is 279 g/mol. The number of aliphatic hydroxyl groups is 1. The van der Waals surface area contributed by atoms with Crippen LogP contribution in [0.15, 0.2) is 12.3 Å². The van der Waals surface area contributed by atoms with Crippen LogP contribution in [-0.4, -0.2) is 28.0 Å². The minimum absolute atomic E-state index is 0.109. The fourth-order valence-corrected chi connectivity index (χ4v) is 3.05. The first kappa shape index (κ1) is 15.5.